The van der Waals surface area contributed by atoms with E-state index in [0.717, 1.165) is 41.1 Å². The van der Waals surface area contributed by atoms with E-state index >= 15 is 0 Å². The highest BCUT2D eigenvalue weighted by Gasteiger charge is 2.41. The van der Waals surface area contributed by atoms with E-state index in [9.17, 15) is 4.79 Å². The number of nitrogens with zero attached hydrogens (tertiary/aromatic N) is 1. The zero-order chi connectivity index (χ0) is 22.9. The zero-order valence-corrected chi connectivity index (χ0v) is 20.0. The minimum absolute atomic E-state index is 0.0539. The molecule has 1 aliphatic carbocycles. The van der Waals surface area contributed by atoms with Crippen LogP contribution in [0.4, 0.5) is 5.69 Å². The number of nitrogens with one attached hydrogen (secondary N) is 1. The van der Waals surface area contributed by atoms with Crippen molar-refractivity contribution in [1.82, 2.24) is 4.57 Å². The SMILES string of the molecule is CCn1c2ccccc2c2cc3c(cc21)C(c1cccc(Cl)c1)C1=C(CC(C)(C)CC1=O)N3. The van der Waals surface area contributed by atoms with Gasteiger partial charge in [0.05, 0.1) is 0 Å². The van der Waals surface area contributed by atoms with E-state index in [4.69, 9.17) is 11.6 Å². The number of fused-ring (bicyclic) bond motifs is 4. The van der Waals surface area contributed by atoms with Gasteiger partial charge in [-0.2, -0.15) is 0 Å². The predicted octanol–water partition coefficient (Wildman–Crippen LogP) is 7.67. The maximum atomic E-state index is 13.5. The summed E-state index contributed by atoms with van der Waals surface area (Å²) in [6.07, 6.45) is 1.43. The number of hydrogen-bond acceptors (Lipinski definition) is 2. The first kappa shape index (κ1) is 20.6. The molecule has 1 aliphatic heterocycles. The third kappa shape index (κ3) is 3.13. The molecule has 0 bridgehead atoms. The van der Waals surface area contributed by atoms with Gasteiger partial charge in [0.1, 0.15) is 0 Å². The number of aromatic nitrogens is 1. The lowest BCUT2D eigenvalue weighted by Gasteiger charge is -2.39. The van der Waals surface area contributed by atoms with Crippen LogP contribution >= 0.6 is 11.6 Å². The van der Waals surface area contributed by atoms with Gasteiger partial charge < -0.3 is 9.88 Å². The third-order valence-electron chi connectivity index (χ3n) is 7.25. The molecule has 4 heteroatoms. The monoisotopic (exact) mass is 454 g/mol. The molecule has 0 saturated carbocycles. The molecule has 1 N–H and O–H groups in total. The molecule has 2 heterocycles. The molecule has 0 fully saturated rings. The molecule has 33 heavy (non-hydrogen) atoms. The number of carbonyl (C=O) groups excluding carboxylic acids is 1. The lowest BCUT2D eigenvalue weighted by Crippen LogP contribution is -2.33. The van der Waals surface area contributed by atoms with E-state index in [0.29, 0.717) is 11.4 Å². The van der Waals surface area contributed by atoms with Crippen molar-refractivity contribution in [3.05, 3.63) is 88.1 Å². The van der Waals surface area contributed by atoms with Crippen molar-refractivity contribution in [3.8, 4) is 0 Å². The normalized spacial score (nSPS) is 19.5. The third-order valence-corrected chi connectivity index (χ3v) is 7.48. The van der Waals surface area contributed by atoms with Crippen LogP contribution in [0.2, 0.25) is 5.02 Å². The Bertz CT molecular complexity index is 1490. The predicted molar refractivity (Wildman–Crippen MR) is 137 cm³/mol. The maximum absolute atomic E-state index is 13.5. The average Bonchev–Trinajstić information content (AvgIpc) is 3.08. The van der Waals surface area contributed by atoms with Crippen molar-refractivity contribution in [3.63, 3.8) is 0 Å². The number of anilines is 1. The smallest absolute Gasteiger partial charge is 0.162 e. The summed E-state index contributed by atoms with van der Waals surface area (Å²) in [6.45, 7) is 7.43. The Morgan fingerprint density at radius 3 is 2.61 bits per heavy atom. The Balaban J connectivity index is 1.67. The Morgan fingerprint density at radius 2 is 1.82 bits per heavy atom. The second-order valence-corrected chi connectivity index (χ2v) is 10.6. The lowest BCUT2D eigenvalue weighted by atomic mass is 9.68. The quantitative estimate of drug-likeness (QED) is 0.337. The van der Waals surface area contributed by atoms with Gasteiger partial charge in [0.2, 0.25) is 0 Å². The number of halogens is 1. The number of allylic oxidation sites excluding steroid dienone is 2. The van der Waals surface area contributed by atoms with Crippen molar-refractivity contribution in [2.45, 2.75) is 46.1 Å². The number of benzene rings is 3. The molecule has 2 aliphatic rings. The highest BCUT2D eigenvalue weighted by atomic mass is 35.5. The largest absolute Gasteiger partial charge is 0.358 e. The first-order valence-electron chi connectivity index (χ1n) is 11.7. The molecular weight excluding hydrogens is 428 g/mol. The van der Waals surface area contributed by atoms with Crippen LogP contribution in [0.5, 0.6) is 0 Å². The molecule has 6 rings (SSSR count). The summed E-state index contributed by atoms with van der Waals surface area (Å²) in [5.74, 6) is 0.117. The summed E-state index contributed by atoms with van der Waals surface area (Å²) >= 11 is 6.42. The molecule has 166 valence electrons. The first-order valence-corrected chi connectivity index (χ1v) is 12.1. The van der Waals surface area contributed by atoms with Gasteiger partial charge in [-0.25, -0.2) is 0 Å². The fourth-order valence-electron chi connectivity index (χ4n) is 5.93. The molecule has 4 aromatic rings. The van der Waals surface area contributed by atoms with Crippen LogP contribution < -0.4 is 5.32 Å². The molecule has 0 amide bonds. The summed E-state index contributed by atoms with van der Waals surface area (Å²) in [6, 6.07) is 21.2. The second-order valence-electron chi connectivity index (χ2n) is 10.2. The topological polar surface area (TPSA) is 34.0 Å². The highest BCUT2D eigenvalue weighted by molar-refractivity contribution is 6.30. The summed E-state index contributed by atoms with van der Waals surface area (Å²) in [5.41, 5.74) is 7.68. The van der Waals surface area contributed by atoms with Crippen molar-refractivity contribution in [1.29, 1.82) is 0 Å². The van der Waals surface area contributed by atoms with Gasteiger partial charge in [-0.15, -0.1) is 0 Å². The molecule has 0 saturated heterocycles. The van der Waals surface area contributed by atoms with E-state index < -0.39 is 0 Å². The minimum atomic E-state index is -0.119. The standard InChI is InChI=1S/C29H27ClN2O/c1-4-32-24-11-6-5-10-19(24)20-13-22-21(14-25(20)32)27(17-8-7-9-18(30)12-17)28-23(31-22)15-29(2,3)16-26(28)33/h5-14,27,31H,4,15-16H2,1-3H3. The first-order chi connectivity index (χ1) is 15.9. The lowest BCUT2D eigenvalue weighted by molar-refractivity contribution is -0.118. The number of carbonyl (C=O) groups is 1. The van der Waals surface area contributed by atoms with Crippen LogP contribution in [0.25, 0.3) is 21.8 Å². The van der Waals surface area contributed by atoms with Crippen LogP contribution in [-0.2, 0) is 11.3 Å². The van der Waals surface area contributed by atoms with Crippen LogP contribution in [0.15, 0.2) is 71.9 Å². The van der Waals surface area contributed by atoms with Crippen molar-refractivity contribution in [2.75, 3.05) is 5.32 Å². The van der Waals surface area contributed by atoms with E-state index in [1.807, 2.05) is 18.2 Å². The van der Waals surface area contributed by atoms with Crippen LogP contribution in [-0.4, -0.2) is 10.4 Å². The molecule has 1 atom stereocenters. The van der Waals surface area contributed by atoms with Gasteiger partial charge in [-0.1, -0.05) is 55.8 Å². The van der Waals surface area contributed by atoms with Gasteiger partial charge in [0.25, 0.3) is 0 Å². The Morgan fingerprint density at radius 1 is 1.00 bits per heavy atom. The van der Waals surface area contributed by atoms with Crippen LogP contribution in [0.1, 0.15) is 50.7 Å². The average molecular weight is 455 g/mol. The summed E-state index contributed by atoms with van der Waals surface area (Å²) < 4.78 is 2.37. The van der Waals surface area contributed by atoms with Crippen LogP contribution in [0.3, 0.4) is 0 Å². The summed E-state index contributed by atoms with van der Waals surface area (Å²) in [7, 11) is 0. The summed E-state index contributed by atoms with van der Waals surface area (Å²) in [5, 5.41) is 6.90. The molecule has 1 unspecified atom stereocenters. The fourth-order valence-corrected chi connectivity index (χ4v) is 6.13. The molecule has 0 spiro atoms. The van der Waals surface area contributed by atoms with Crippen molar-refractivity contribution in [2.24, 2.45) is 5.41 Å². The second kappa shape index (κ2) is 7.23. The molecule has 3 nitrogen and oxygen atoms in total. The Labute approximate surface area is 199 Å². The van der Waals surface area contributed by atoms with Gasteiger partial charge in [-0.3, -0.25) is 4.79 Å². The van der Waals surface area contributed by atoms with Gasteiger partial charge in [0.15, 0.2) is 5.78 Å². The number of hydrogen-bond donors (Lipinski definition) is 1. The summed E-state index contributed by atoms with van der Waals surface area (Å²) in [4.78, 5) is 13.5. The van der Waals surface area contributed by atoms with Gasteiger partial charge in [-0.05, 0) is 60.2 Å². The number of Topliss-reactive ketones (excluding diaryl/α,β-unsaturated/α-hetero) is 1. The number of para-hydroxylation sites is 1. The van der Waals surface area contributed by atoms with E-state index in [2.05, 4.69) is 73.1 Å². The highest BCUT2D eigenvalue weighted by Crippen LogP contribution is 2.50. The van der Waals surface area contributed by atoms with Crippen LogP contribution in [0, 0.1) is 5.41 Å². The molecule has 3 aromatic carbocycles. The van der Waals surface area contributed by atoms with Crippen molar-refractivity contribution < 1.29 is 4.79 Å². The maximum Gasteiger partial charge on any atom is 0.162 e. The number of aryl methyl sites for hydroxylation is 1. The number of rotatable bonds is 2. The molecule has 1 aromatic heterocycles. The van der Waals surface area contributed by atoms with E-state index in [1.54, 1.807) is 0 Å². The Hall–Kier alpha value is -3.04. The molecule has 0 radical (unpaired) electrons. The van der Waals surface area contributed by atoms with Crippen molar-refractivity contribution >= 4 is 44.9 Å². The van der Waals surface area contributed by atoms with E-state index in [-0.39, 0.29) is 17.1 Å². The fraction of sp³-hybridized carbons (Fsp3) is 0.276. The van der Waals surface area contributed by atoms with E-state index in [1.165, 1.54) is 21.8 Å². The van der Waals surface area contributed by atoms with Gasteiger partial charge in [0, 0.05) is 62.7 Å². The minimum Gasteiger partial charge on any atom is -0.358 e. The zero-order valence-electron chi connectivity index (χ0n) is 19.2. The number of ketones is 1. The van der Waals surface area contributed by atoms with Gasteiger partial charge >= 0.3 is 0 Å². The Kier molecular flexibility index (Phi) is 4.50. The molecular formula is C29H27ClN2O.